The first kappa shape index (κ1) is 20.8. The quantitative estimate of drug-likeness (QED) is 0.593. The molecule has 1 heterocycles. The summed E-state index contributed by atoms with van der Waals surface area (Å²) in [6.07, 6.45) is 0.703. The van der Waals surface area contributed by atoms with Crippen molar-refractivity contribution in [2.75, 3.05) is 6.61 Å². The second kappa shape index (κ2) is 9.05. The summed E-state index contributed by atoms with van der Waals surface area (Å²) in [7, 11) is 0. The van der Waals surface area contributed by atoms with Gasteiger partial charge in [-0.2, -0.15) is 0 Å². The lowest BCUT2D eigenvalue weighted by Gasteiger charge is -2.16. The van der Waals surface area contributed by atoms with Crippen molar-refractivity contribution in [1.82, 2.24) is 10.3 Å². The van der Waals surface area contributed by atoms with Gasteiger partial charge in [-0.05, 0) is 49.6 Å². The molecule has 0 spiro atoms. The zero-order chi connectivity index (χ0) is 21.0. The molecule has 0 saturated carbocycles. The van der Waals surface area contributed by atoms with E-state index < -0.39 is 5.97 Å². The number of para-hydroxylation sites is 1. The number of rotatable bonds is 6. The van der Waals surface area contributed by atoms with Gasteiger partial charge in [0.05, 0.1) is 17.1 Å². The first-order valence-corrected chi connectivity index (χ1v) is 9.88. The molecule has 0 radical (unpaired) electrons. The van der Waals surface area contributed by atoms with Crippen LogP contribution in [0.4, 0.5) is 0 Å². The van der Waals surface area contributed by atoms with Gasteiger partial charge in [0, 0.05) is 16.1 Å². The van der Waals surface area contributed by atoms with E-state index in [0.29, 0.717) is 17.0 Å². The van der Waals surface area contributed by atoms with Gasteiger partial charge in [-0.1, -0.05) is 48.9 Å². The summed E-state index contributed by atoms with van der Waals surface area (Å²) in [6, 6.07) is 14.4. The van der Waals surface area contributed by atoms with Crippen LogP contribution in [-0.2, 0) is 16.0 Å². The number of hydrogen-bond acceptors (Lipinski definition) is 4. The zero-order valence-electron chi connectivity index (χ0n) is 16.7. The summed E-state index contributed by atoms with van der Waals surface area (Å²) in [5, 5.41) is 4.14. The first-order chi connectivity index (χ1) is 13.9. The van der Waals surface area contributed by atoms with E-state index in [0.717, 1.165) is 27.7 Å². The minimum atomic E-state index is -0.527. The number of halogens is 1. The van der Waals surface area contributed by atoms with Gasteiger partial charge in [-0.15, -0.1) is 0 Å². The monoisotopic (exact) mass is 410 g/mol. The summed E-state index contributed by atoms with van der Waals surface area (Å²) >= 11 is 6.00. The van der Waals surface area contributed by atoms with E-state index in [1.165, 1.54) is 0 Å². The van der Waals surface area contributed by atoms with E-state index in [2.05, 4.69) is 10.3 Å². The van der Waals surface area contributed by atoms with Gasteiger partial charge in [-0.3, -0.25) is 9.78 Å². The Bertz CT molecular complexity index is 1070. The minimum absolute atomic E-state index is 0.255. The van der Waals surface area contributed by atoms with Crippen molar-refractivity contribution in [2.24, 2.45) is 0 Å². The lowest BCUT2D eigenvalue weighted by molar-refractivity contribution is -0.124. The number of nitrogens with one attached hydrogen (secondary N) is 1. The van der Waals surface area contributed by atoms with Crippen LogP contribution in [-0.4, -0.2) is 23.5 Å². The van der Waals surface area contributed by atoms with Gasteiger partial charge in [0.15, 0.2) is 6.61 Å². The first-order valence-electron chi connectivity index (χ1n) is 9.50. The van der Waals surface area contributed by atoms with E-state index in [4.69, 9.17) is 16.3 Å². The molecule has 3 rings (SSSR count). The molecule has 150 valence electrons. The molecule has 1 N–H and O–H groups in total. The molecule has 0 aliphatic rings. The predicted octanol–water partition coefficient (Wildman–Crippen LogP) is 4.79. The molecule has 6 heteroatoms. The number of aryl methyl sites for hydroxylation is 1. The SMILES string of the molecule is CCc1nc2ccccc2c(C(=O)OCC(=O)N[C@H](C)c2cccc(Cl)c2)c1C. The number of nitrogens with zero attached hydrogens (tertiary/aromatic N) is 1. The molecule has 3 aromatic rings. The fraction of sp³-hybridized carbons (Fsp3) is 0.261. The summed E-state index contributed by atoms with van der Waals surface area (Å²) in [4.78, 5) is 29.7. The Labute approximate surface area is 175 Å². The molecule has 1 aromatic heterocycles. The summed E-state index contributed by atoms with van der Waals surface area (Å²) in [5.41, 5.74) is 3.70. The van der Waals surface area contributed by atoms with Crippen molar-refractivity contribution < 1.29 is 14.3 Å². The fourth-order valence-electron chi connectivity index (χ4n) is 3.31. The van der Waals surface area contributed by atoms with Gasteiger partial charge in [0.1, 0.15) is 0 Å². The highest BCUT2D eigenvalue weighted by Crippen LogP contribution is 2.24. The lowest BCUT2D eigenvalue weighted by atomic mass is 10.0. The van der Waals surface area contributed by atoms with E-state index in [1.54, 1.807) is 12.1 Å². The molecular weight excluding hydrogens is 388 g/mol. The third-order valence-electron chi connectivity index (χ3n) is 4.84. The van der Waals surface area contributed by atoms with Crippen LogP contribution in [0.15, 0.2) is 48.5 Å². The third-order valence-corrected chi connectivity index (χ3v) is 5.07. The topological polar surface area (TPSA) is 68.3 Å². The summed E-state index contributed by atoms with van der Waals surface area (Å²) in [5.74, 6) is -0.904. The smallest absolute Gasteiger partial charge is 0.339 e. The van der Waals surface area contributed by atoms with Crippen LogP contribution < -0.4 is 5.32 Å². The van der Waals surface area contributed by atoms with Crippen molar-refractivity contribution in [3.8, 4) is 0 Å². The number of carbonyl (C=O) groups is 2. The van der Waals surface area contributed by atoms with Crippen LogP contribution in [0.5, 0.6) is 0 Å². The van der Waals surface area contributed by atoms with Crippen LogP contribution in [0.2, 0.25) is 5.02 Å². The second-order valence-corrected chi connectivity index (χ2v) is 7.29. The van der Waals surface area contributed by atoms with Gasteiger partial charge < -0.3 is 10.1 Å². The maximum Gasteiger partial charge on any atom is 0.339 e. The molecular formula is C23H23ClN2O3. The third kappa shape index (κ3) is 4.74. The van der Waals surface area contributed by atoms with Crippen molar-refractivity contribution >= 4 is 34.4 Å². The Morgan fingerprint density at radius 3 is 2.66 bits per heavy atom. The molecule has 5 nitrogen and oxygen atoms in total. The molecule has 0 bridgehead atoms. The van der Waals surface area contributed by atoms with Crippen LogP contribution in [0.25, 0.3) is 10.9 Å². The molecule has 0 saturated heterocycles. The molecule has 0 aliphatic heterocycles. The second-order valence-electron chi connectivity index (χ2n) is 6.85. The molecule has 0 aliphatic carbocycles. The van der Waals surface area contributed by atoms with Crippen LogP contribution in [0.1, 0.15) is 47.1 Å². The zero-order valence-corrected chi connectivity index (χ0v) is 17.4. The van der Waals surface area contributed by atoms with Crippen LogP contribution >= 0.6 is 11.6 Å². The molecule has 0 unspecified atom stereocenters. The number of esters is 1. The number of ether oxygens (including phenoxy) is 1. The number of fused-ring (bicyclic) bond motifs is 1. The van der Waals surface area contributed by atoms with E-state index in [-0.39, 0.29) is 18.6 Å². The molecule has 1 amide bonds. The fourth-order valence-corrected chi connectivity index (χ4v) is 3.51. The van der Waals surface area contributed by atoms with Gasteiger partial charge in [0.25, 0.3) is 5.91 Å². The highest BCUT2D eigenvalue weighted by molar-refractivity contribution is 6.30. The standard InChI is InChI=1S/C23H23ClN2O3/c1-4-19-14(2)22(18-10-5-6-11-20(18)26-19)23(28)29-13-21(27)25-15(3)16-8-7-9-17(24)12-16/h5-12,15H,4,13H2,1-3H3,(H,25,27)/t15-/m1/s1. The Balaban J connectivity index is 1.72. The average Bonchev–Trinajstić information content (AvgIpc) is 2.71. The summed E-state index contributed by atoms with van der Waals surface area (Å²) < 4.78 is 5.33. The predicted molar refractivity (Wildman–Crippen MR) is 114 cm³/mol. The largest absolute Gasteiger partial charge is 0.452 e. The molecule has 29 heavy (non-hydrogen) atoms. The number of carbonyl (C=O) groups excluding carboxylic acids is 2. The van der Waals surface area contributed by atoms with Gasteiger partial charge in [0.2, 0.25) is 0 Å². The van der Waals surface area contributed by atoms with Gasteiger partial charge >= 0.3 is 5.97 Å². The maximum atomic E-state index is 12.8. The molecule has 1 atom stereocenters. The number of hydrogen-bond donors (Lipinski definition) is 1. The molecule has 2 aromatic carbocycles. The highest BCUT2D eigenvalue weighted by atomic mass is 35.5. The Hall–Kier alpha value is -2.92. The van der Waals surface area contributed by atoms with Crippen LogP contribution in [0.3, 0.4) is 0 Å². The summed E-state index contributed by atoms with van der Waals surface area (Å²) in [6.45, 7) is 5.33. The lowest BCUT2D eigenvalue weighted by Crippen LogP contribution is -2.31. The van der Waals surface area contributed by atoms with Gasteiger partial charge in [-0.25, -0.2) is 4.79 Å². The maximum absolute atomic E-state index is 12.8. The number of aromatic nitrogens is 1. The Kier molecular flexibility index (Phi) is 6.49. The van der Waals surface area contributed by atoms with Crippen LogP contribution in [0, 0.1) is 6.92 Å². The normalized spacial score (nSPS) is 11.9. The Morgan fingerprint density at radius 1 is 1.17 bits per heavy atom. The molecule has 0 fully saturated rings. The van der Waals surface area contributed by atoms with E-state index in [1.807, 2.05) is 57.2 Å². The van der Waals surface area contributed by atoms with E-state index in [9.17, 15) is 9.59 Å². The van der Waals surface area contributed by atoms with E-state index >= 15 is 0 Å². The van der Waals surface area contributed by atoms with Crippen molar-refractivity contribution in [3.05, 3.63) is 75.9 Å². The number of amides is 1. The minimum Gasteiger partial charge on any atom is -0.452 e. The highest BCUT2D eigenvalue weighted by Gasteiger charge is 2.20. The number of benzene rings is 2. The van der Waals surface area contributed by atoms with Crippen molar-refractivity contribution in [3.63, 3.8) is 0 Å². The van der Waals surface area contributed by atoms with Crippen molar-refractivity contribution in [1.29, 1.82) is 0 Å². The number of pyridine rings is 1. The average molecular weight is 411 g/mol. The Morgan fingerprint density at radius 2 is 1.93 bits per heavy atom. The van der Waals surface area contributed by atoms with Crippen molar-refractivity contribution in [2.45, 2.75) is 33.2 Å².